The maximum absolute atomic E-state index is 5.45. The van der Waals surface area contributed by atoms with Crippen molar-refractivity contribution < 1.29 is 4.74 Å². The Morgan fingerprint density at radius 2 is 2.00 bits per heavy atom. The van der Waals surface area contributed by atoms with Crippen molar-refractivity contribution in [3.8, 4) is 11.4 Å². The highest BCUT2D eigenvalue weighted by atomic mass is 16.5. The van der Waals surface area contributed by atoms with Crippen LogP contribution < -0.4 is 10.1 Å². The summed E-state index contributed by atoms with van der Waals surface area (Å²) < 4.78 is 7.41. The van der Waals surface area contributed by atoms with Crippen molar-refractivity contribution in [2.75, 3.05) is 13.7 Å². The molecule has 0 aliphatic carbocycles. The van der Waals surface area contributed by atoms with Gasteiger partial charge in [0.25, 0.3) is 0 Å². The zero-order chi connectivity index (χ0) is 13.8. The number of ether oxygens (including phenoxy) is 1. The lowest BCUT2D eigenvalue weighted by Gasteiger charge is -2.11. The molecule has 0 amide bonds. The van der Waals surface area contributed by atoms with E-state index in [2.05, 4.69) is 24.3 Å². The maximum Gasteiger partial charge on any atom is 0.119 e. The summed E-state index contributed by atoms with van der Waals surface area (Å²) in [6, 6.07) is 8.30. The second-order valence-corrected chi connectivity index (χ2v) is 4.53. The van der Waals surface area contributed by atoms with Crippen LogP contribution in [0.2, 0.25) is 0 Å². The van der Waals surface area contributed by atoms with Crippen molar-refractivity contribution in [2.24, 2.45) is 0 Å². The molecule has 0 bridgehead atoms. The second kappa shape index (κ2) is 5.89. The molecule has 102 valence electrons. The Hall–Kier alpha value is -1.81. The summed E-state index contributed by atoms with van der Waals surface area (Å²) in [5, 5.41) is 7.71. The summed E-state index contributed by atoms with van der Waals surface area (Å²) in [7, 11) is 1.96. The lowest BCUT2D eigenvalue weighted by molar-refractivity contribution is 0.340. The third-order valence-corrected chi connectivity index (χ3v) is 3.34. The van der Waals surface area contributed by atoms with Gasteiger partial charge in [-0.2, -0.15) is 5.10 Å². The molecule has 1 unspecified atom stereocenters. The van der Waals surface area contributed by atoms with Gasteiger partial charge < -0.3 is 10.1 Å². The smallest absolute Gasteiger partial charge is 0.119 e. The molecule has 1 aromatic carbocycles. The first-order valence-corrected chi connectivity index (χ1v) is 6.62. The van der Waals surface area contributed by atoms with Gasteiger partial charge in [0.15, 0.2) is 0 Å². The number of benzene rings is 1. The first kappa shape index (κ1) is 13.6. The Labute approximate surface area is 114 Å². The molecule has 1 N–H and O–H groups in total. The Morgan fingerprint density at radius 1 is 1.32 bits per heavy atom. The van der Waals surface area contributed by atoms with E-state index in [4.69, 9.17) is 4.74 Å². The second-order valence-electron chi connectivity index (χ2n) is 4.53. The van der Waals surface area contributed by atoms with Crippen LogP contribution in [0.3, 0.4) is 0 Å². The fourth-order valence-corrected chi connectivity index (χ4v) is 2.11. The molecule has 0 spiro atoms. The SMILES string of the molecule is CCOc1ccc(-n2ncc(C(C)NC)c2C)cc1. The van der Waals surface area contributed by atoms with Gasteiger partial charge in [-0.1, -0.05) is 0 Å². The molecule has 0 fully saturated rings. The minimum Gasteiger partial charge on any atom is -0.494 e. The third kappa shape index (κ3) is 2.79. The summed E-state index contributed by atoms with van der Waals surface area (Å²) in [5.41, 5.74) is 3.43. The highest BCUT2D eigenvalue weighted by Gasteiger charge is 2.12. The fraction of sp³-hybridized carbons (Fsp3) is 0.400. The average molecular weight is 259 g/mol. The van der Waals surface area contributed by atoms with Crippen molar-refractivity contribution in [1.29, 1.82) is 0 Å². The first-order valence-electron chi connectivity index (χ1n) is 6.62. The van der Waals surface area contributed by atoms with Crippen molar-refractivity contribution in [2.45, 2.75) is 26.8 Å². The quantitative estimate of drug-likeness (QED) is 0.897. The van der Waals surface area contributed by atoms with Crippen LogP contribution in [0.5, 0.6) is 5.75 Å². The molecule has 4 heteroatoms. The minimum atomic E-state index is 0.302. The molecule has 19 heavy (non-hydrogen) atoms. The van der Waals surface area contributed by atoms with Crippen molar-refractivity contribution in [3.05, 3.63) is 41.7 Å². The fourth-order valence-electron chi connectivity index (χ4n) is 2.11. The van der Waals surface area contributed by atoms with E-state index < -0.39 is 0 Å². The number of rotatable bonds is 5. The standard InChI is InChI=1S/C15H21N3O/c1-5-19-14-8-6-13(7-9-14)18-12(3)15(10-17-18)11(2)16-4/h6-11,16H,5H2,1-4H3. The number of nitrogens with one attached hydrogen (secondary N) is 1. The minimum absolute atomic E-state index is 0.302. The molecule has 0 aliphatic rings. The van der Waals surface area contributed by atoms with Gasteiger partial charge in [-0.3, -0.25) is 0 Å². The molecular formula is C15H21N3O. The zero-order valence-electron chi connectivity index (χ0n) is 12.0. The molecule has 0 aliphatic heterocycles. The molecule has 1 atom stereocenters. The van der Waals surface area contributed by atoms with E-state index in [1.54, 1.807) is 0 Å². The largest absolute Gasteiger partial charge is 0.494 e. The molecule has 4 nitrogen and oxygen atoms in total. The first-order chi connectivity index (χ1) is 9.17. The van der Waals surface area contributed by atoms with E-state index >= 15 is 0 Å². The van der Waals surface area contributed by atoms with Crippen LogP contribution in [0.25, 0.3) is 5.69 Å². The van der Waals surface area contributed by atoms with Crippen molar-refractivity contribution in [1.82, 2.24) is 15.1 Å². The van der Waals surface area contributed by atoms with Crippen LogP contribution >= 0.6 is 0 Å². The number of aromatic nitrogens is 2. The Kier molecular flexibility index (Phi) is 4.22. The van der Waals surface area contributed by atoms with Crippen LogP contribution in [-0.4, -0.2) is 23.4 Å². The Morgan fingerprint density at radius 3 is 2.58 bits per heavy atom. The lowest BCUT2D eigenvalue weighted by atomic mass is 10.1. The van der Waals surface area contributed by atoms with E-state index in [0.717, 1.165) is 17.1 Å². The summed E-state index contributed by atoms with van der Waals surface area (Å²) >= 11 is 0. The Balaban J connectivity index is 2.29. The molecule has 0 saturated carbocycles. The van der Waals surface area contributed by atoms with Crippen LogP contribution in [-0.2, 0) is 0 Å². The van der Waals surface area contributed by atoms with Gasteiger partial charge in [-0.15, -0.1) is 0 Å². The van der Waals surface area contributed by atoms with Gasteiger partial charge in [0, 0.05) is 17.3 Å². The van der Waals surface area contributed by atoms with E-state index in [-0.39, 0.29) is 0 Å². The average Bonchev–Trinajstić information content (AvgIpc) is 2.81. The van der Waals surface area contributed by atoms with Gasteiger partial charge in [0.2, 0.25) is 0 Å². The van der Waals surface area contributed by atoms with E-state index in [0.29, 0.717) is 12.6 Å². The van der Waals surface area contributed by atoms with Gasteiger partial charge in [-0.05, 0) is 52.1 Å². The van der Waals surface area contributed by atoms with Crippen LogP contribution in [0.4, 0.5) is 0 Å². The molecule has 1 aromatic heterocycles. The summed E-state index contributed by atoms with van der Waals surface area (Å²) in [6.07, 6.45) is 1.92. The number of nitrogens with zero attached hydrogens (tertiary/aromatic N) is 2. The number of hydrogen-bond acceptors (Lipinski definition) is 3. The van der Waals surface area contributed by atoms with Gasteiger partial charge in [0.1, 0.15) is 5.75 Å². The predicted octanol–water partition coefficient (Wildman–Crippen LogP) is 2.86. The summed E-state index contributed by atoms with van der Waals surface area (Å²) in [4.78, 5) is 0. The van der Waals surface area contributed by atoms with E-state index in [9.17, 15) is 0 Å². The van der Waals surface area contributed by atoms with Gasteiger partial charge in [0.05, 0.1) is 18.5 Å². The topological polar surface area (TPSA) is 39.1 Å². The Bertz CT molecular complexity index is 531. The zero-order valence-corrected chi connectivity index (χ0v) is 12.0. The molecule has 0 saturated heterocycles. The van der Waals surface area contributed by atoms with Gasteiger partial charge in [-0.25, -0.2) is 4.68 Å². The van der Waals surface area contributed by atoms with Crippen LogP contribution in [0.1, 0.15) is 31.1 Å². The molecule has 2 aromatic rings. The third-order valence-electron chi connectivity index (χ3n) is 3.34. The van der Waals surface area contributed by atoms with Crippen LogP contribution in [0, 0.1) is 6.92 Å². The molecular weight excluding hydrogens is 238 g/mol. The van der Waals surface area contributed by atoms with Gasteiger partial charge >= 0.3 is 0 Å². The highest BCUT2D eigenvalue weighted by molar-refractivity contribution is 5.39. The lowest BCUT2D eigenvalue weighted by Crippen LogP contribution is -2.13. The normalized spacial score (nSPS) is 12.4. The van der Waals surface area contributed by atoms with Crippen molar-refractivity contribution in [3.63, 3.8) is 0 Å². The molecule has 1 heterocycles. The maximum atomic E-state index is 5.45. The molecule has 2 rings (SSSR count). The van der Waals surface area contributed by atoms with E-state index in [1.165, 1.54) is 5.56 Å². The summed E-state index contributed by atoms with van der Waals surface area (Å²) in [6.45, 7) is 6.89. The highest BCUT2D eigenvalue weighted by Crippen LogP contribution is 2.21. The summed E-state index contributed by atoms with van der Waals surface area (Å²) in [5.74, 6) is 0.889. The monoisotopic (exact) mass is 259 g/mol. The number of hydrogen-bond donors (Lipinski definition) is 1. The van der Waals surface area contributed by atoms with Crippen LogP contribution in [0.15, 0.2) is 30.5 Å². The predicted molar refractivity (Wildman–Crippen MR) is 76.9 cm³/mol. The van der Waals surface area contributed by atoms with E-state index in [1.807, 2.05) is 49.1 Å². The molecule has 0 radical (unpaired) electrons. The van der Waals surface area contributed by atoms with Crippen molar-refractivity contribution >= 4 is 0 Å².